The van der Waals surface area contributed by atoms with Crippen LogP contribution in [0.1, 0.15) is 24.2 Å². The Kier molecular flexibility index (Phi) is 4.84. The smallest absolute Gasteiger partial charge is 0.265 e. The number of benzene rings is 1. The number of carbonyl (C=O) groups excluding carboxylic acids is 2. The van der Waals surface area contributed by atoms with Gasteiger partial charge in [0.15, 0.2) is 6.61 Å². The molecular weight excluding hydrogens is 308 g/mol. The zero-order chi connectivity index (χ0) is 16.9. The molecule has 2 heterocycles. The lowest BCUT2D eigenvalue weighted by Gasteiger charge is -2.29. The van der Waals surface area contributed by atoms with Crippen molar-refractivity contribution in [2.75, 3.05) is 18.1 Å². The van der Waals surface area contributed by atoms with Crippen LogP contribution in [-0.2, 0) is 16.1 Å². The van der Waals surface area contributed by atoms with Gasteiger partial charge in [0, 0.05) is 13.0 Å². The molecule has 6 heteroatoms. The summed E-state index contributed by atoms with van der Waals surface area (Å²) < 4.78 is 10.6. The molecule has 0 aliphatic carbocycles. The van der Waals surface area contributed by atoms with E-state index in [1.54, 1.807) is 17.2 Å². The van der Waals surface area contributed by atoms with Gasteiger partial charge in [0.2, 0.25) is 5.91 Å². The minimum absolute atomic E-state index is 0.0428. The Hall–Kier alpha value is -2.76. The van der Waals surface area contributed by atoms with Gasteiger partial charge in [-0.2, -0.15) is 0 Å². The molecule has 2 amide bonds. The molecule has 0 saturated carbocycles. The first kappa shape index (κ1) is 16.1. The summed E-state index contributed by atoms with van der Waals surface area (Å²) in [7, 11) is 0. The Morgan fingerprint density at radius 2 is 2.21 bits per heavy atom. The largest absolute Gasteiger partial charge is 0.482 e. The third kappa shape index (κ3) is 3.76. The molecule has 1 N–H and O–H groups in total. The summed E-state index contributed by atoms with van der Waals surface area (Å²) in [5, 5.41) is 2.80. The summed E-state index contributed by atoms with van der Waals surface area (Å²) in [4.78, 5) is 25.7. The fraction of sp³-hybridized carbons (Fsp3) is 0.333. The second-order valence-electron chi connectivity index (χ2n) is 5.76. The first-order chi connectivity index (χ1) is 11.6. The maximum atomic E-state index is 12.1. The molecule has 3 rings (SSSR count). The van der Waals surface area contributed by atoms with Crippen molar-refractivity contribution in [2.24, 2.45) is 0 Å². The number of rotatable bonds is 6. The molecule has 0 fully saturated rings. The van der Waals surface area contributed by atoms with Crippen molar-refractivity contribution in [1.82, 2.24) is 5.32 Å². The average Bonchev–Trinajstić information content (AvgIpc) is 3.08. The molecule has 0 radical (unpaired) electrons. The van der Waals surface area contributed by atoms with Crippen LogP contribution in [-0.4, -0.2) is 25.0 Å². The minimum Gasteiger partial charge on any atom is -0.482 e. The van der Waals surface area contributed by atoms with Crippen molar-refractivity contribution >= 4 is 17.5 Å². The summed E-state index contributed by atoms with van der Waals surface area (Å²) in [5.41, 5.74) is 1.85. The molecular formula is C18H20N2O4. The number of nitrogens with zero attached hydrogens (tertiary/aromatic N) is 1. The van der Waals surface area contributed by atoms with Gasteiger partial charge in [0.1, 0.15) is 11.5 Å². The second-order valence-corrected chi connectivity index (χ2v) is 5.76. The van der Waals surface area contributed by atoms with Crippen LogP contribution in [0.2, 0.25) is 0 Å². The highest BCUT2D eigenvalue weighted by atomic mass is 16.5. The zero-order valence-electron chi connectivity index (χ0n) is 13.6. The lowest BCUT2D eigenvalue weighted by Crippen LogP contribution is -2.39. The molecule has 0 atom stereocenters. The van der Waals surface area contributed by atoms with Crippen molar-refractivity contribution in [2.45, 2.75) is 26.3 Å². The van der Waals surface area contributed by atoms with Crippen molar-refractivity contribution in [3.63, 3.8) is 0 Å². The predicted octanol–water partition coefficient (Wildman–Crippen LogP) is 2.41. The van der Waals surface area contributed by atoms with Crippen LogP contribution in [0.5, 0.6) is 5.75 Å². The van der Waals surface area contributed by atoms with Crippen LogP contribution in [0.25, 0.3) is 0 Å². The minimum atomic E-state index is -0.0812. The van der Waals surface area contributed by atoms with Gasteiger partial charge in [0.25, 0.3) is 5.91 Å². The van der Waals surface area contributed by atoms with E-state index >= 15 is 0 Å². The van der Waals surface area contributed by atoms with Crippen LogP contribution in [0.4, 0.5) is 5.69 Å². The fourth-order valence-corrected chi connectivity index (χ4v) is 2.64. The third-order valence-electron chi connectivity index (χ3n) is 3.88. The van der Waals surface area contributed by atoms with E-state index in [1.807, 2.05) is 31.2 Å². The standard InChI is InChI=1S/C18H20N2O4/c1-13-6-7-15-16(10-13)24-12-18(22)20(15)8-2-5-17(21)19-11-14-4-3-9-23-14/h3-4,6-7,9-10H,2,5,8,11-12H2,1H3,(H,19,21). The summed E-state index contributed by atoms with van der Waals surface area (Å²) in [6, 6.07) is 9.35. The Morgan fingerprint density at radius 1 is 1.33 bits per heavy atom. The van der Waals surface area contributed by atoms with Gasteiger partial charge in [-0.15, -0.1) is 0 Å². The maximum absolute atomic E-state index is 12.1. The average molecular weight is 328 g/mol. The normalized spacial score (nSPS) is 13.4. The molecule has 1 aliphatic rings. The highest BCUT2D eigenvalue weighted by molar-refractivity contribution is 5.97. The monoisotopic (exact) mass is 328 g/mol. The number of aryl methyl sites for hydroxylation is 1. The molecule has 1 aliphatic heterocycles. The van der Waals surface area contributed by atoms with Crippen LogP contribution in [0.15, 0.2) is 41.0 Å². The maximum Gasteiger partial charge on any atom is 0.265 e. The topological polar surface area (TPSA) is 71.8 Å². The lowest BCUT2D eigenvalue weighted by atomic mass is 10.1. The highest BCUT2D eigenvalue weighted by Crippen LogP contribution is 2.32. The first-order valence-corrected chi connectivity index (χ1v) is 7.96. The molecule has 24 heavy (non-hydrogen) atoms. The van der Waals surface area contributed by atoms with Gasteiger partial charge in [-0.05, 0) is 43.2 Å². The van der Waals surface area contributed by atoms with E-state index < -0.39 is 0 Å². The number of amides is 2. The van der Waals surface area contributed by atoms with Crippen molar-refractivity contribution in [3.8, 4) is 5.75 Å². The van der Waals surface area contributed by atoms with Gasteiger partial charge in [-0.25, -0.2) is 0 Å². The second kappa shape index (κ2) is 7.21. The summed E-state index contributed by atoms with van der Waals surface area (Å²) >= 11 is 0. The van der Waals surface area contributed by atoms with Crippen molar-refractivity contribution in [1.29, 1.82) is 0 Å². The van der Waals surface area contributed by atoms with Crippen LogP contribution in [0.3, 0.4) is 0 Å². The lowest BCUT2D eigenvalue weighted by molar-refractivity contribution is -0.123. The Bertz CT molecular complexity index is 725. The van der Waals surface area contributed by atoms with E-state index in [1.165, 1.54) is 0 Å². The van der Waals surface area contributed by atoms with E-state index in [2.05, 4.69) is 5.32 Å². The number of nitrogens with one attached hydrogen (secondary N) is 1. The first-order valence-electron chi connectivity index (χ1n) is 7.96. The molecule has 6 nitrogen and oxygen atoms in total. The molecule has 0 bridgehead atoms. The van der Waals surface area contributed by atoms with E-state index in [4.69, 9.17) is 9.15 Å². The molecule has 2 aromatic rings. The van der Waals surface area contributed by atoms with Crippen LogP contribution in [0, 0.1) is 6.92 Å². The number of hydrogen-bond donors (Lipinski definition) is 1. The molecule has 0 unspecified atom stereocenters. The third-order valence-corrected chi connectivity index (χ3v) is 3.88. The van der Waals surface area contributed by atoms with Gasteiger partial charge >= 0.3 is 0 Å². The Labute approximate surface area is 140 Å². The number of ether oxygens (including phenoxy) is 1. The number of hydrogen-bond acceptors (Lipinski definition) is 4. The SMILES string of the molecule is Cc1ccc2c(c1)OCC(=O)N2CCCC(=O)NCc1ccco1. The van der Waals surface area contributed by atoms with Gasteiger partial charge < -0.3 is 19.4 Å². The zero-order valence-corrected chi connectivity index (χ0v) is 13.6. The summed E-state index contributed by atoms with van der Waals surface area (Å²) in [5.74, 6) is 1.30. The van der Waals surface area contributed by atoms with E-state index in [0.29, 0.717) is 25.9 Å². The van der Waals surface area contributed by atoms with E-state index in [-0.39, 0.29) is 18.4 Å². The highest BCUT2D eigenvalue weighted by Gasteiger charge is 2.25. The van der Waals surface area contributed by atoms with Crippen molar-refractivity contribution < 1.29 is 18.7 Å². The molecule has 1 aromatic heterocycles. The summed E-state index contributed by atoms with van der Waals surface area (Å²) in [6.07, 6.45) is 2.51. The molecule has 1 aromatic carbocycles. The van der Waals surface area contributed by atoms with Gasteiger partial charge in [-0.3, -0.25) is 9.59 Å². The van der Waals surface area contributed by atoms with Crippen molar-refractivity contribution in [3.05, 3.63) is 47.9 Å². The van der Waals surface area contributed by atoms with Crippen LogP contribution >= 0.6 is 0 Å². The number of anilines is 1. The molecule has 0 spiro atoms. The number of furan rings is 1. The molecule has 0 saturated heterocycles. The fourth-order valence-electron chi connectivity index (χ4n) is 2.64. The van der Waals surface area contributed by atoms with Gasteiger partial charge in [-0.1, -0.05) is 6.07 Å². The van der Waals surface area contributed by atoms with Gasteiger partial charge in [0.05, 0.1) is 18.5 Å². The van der Waals surface area contributed by atoms with Crippen LogP contribution < -0.4 is 15.0 Å². The number of carbonyl (C=O) groups is 2. The summed E-state index contributed by atoms with van der Waals surface area (Å²) in [6.45, 7) is 2.89. The quantitative estimate of drug-likeness (QED) is 0.884. The predicted molar refractivity (Wildman–Crippen MR) is 88.8 cm³/mol. The Balaban J connectivity index is 1.51. The number of fused-ring (bicyclic) bond motifs is 1. The molecule has 126 valence electrons. The Morgan fingerprint density at radius 3 is 3.00 bits per heavy atom. The van der Waals surface area contributed by atoms with E-state index in [9.17, 15) is 9.59 Å². The van der Waals surface area contributed by atoms with E-state index in [0.717, 1.165) is 22.8 Å².